The van der Waals surface area contributed by atoms with Crippen LogP contribution < -0.4 is 4.74 Å². The van der Waals surface area contributed by atoms with Gasteiger partial charge >= 0.3 is 0 Å². The summed E-state index contributed by atoms with van der Waals surface area (Å²) in [6, 6.07) is 9.64. The summed E-state index contributed by atoms with van der Waals surface area (Å²) in [6.45, 7) is 0. The van der Waals surface area contributed by atoms with Crippen LogP contribution in [-0.2, 0) is 0 Å². The Morgan fingerprint density at radius 2 is 1.92 bits per heavy atom. The molecule has 0 heterocycles. The highest BCUT2D eigenvalue weighted by Crippen LogP contribution is 2.26. The van der Waals surface area contributed by atoms with Crippen molar-refractivity contribution in [1.29, 1.82) is 0 Å². The summed E-state index contributed by atoms with van der Waals surface area (Å²) in [7, 11) is 0. The largest absolute Gasteiger partial charge is 0.457 e. The second-order valence-corrected chi connectivity index (χ2v) is 3.79. The molecule has 0 saturated carbocycles. The van der Waals surface area contributed by atoms with E-state index in [0.29, 0.717) is 5.75 Å². The molecule has 0 aliphatic rings. The third kappa shape index (κ3) is 3.10. The van der Waals surface area contributed by atoms with Crippen molar-refractivity contribution in [3.05, 3.63) is 30.3 Å². The minimum atomic E-state index is -1.36. The quantitative estimate of drug-likeness (QED) is 0.716. The number of alkyl halides is 3. The van der Waals surface area contributed by atoms with Gasteiger partial charge in [0.15, 0.2) is 0 Å². The number of halogens is 3. The summed E-state index contributed by atoms with van der Waals surface area (Å²) in [4.78, 5) is 0. The van der Waals surface area contributed by atoms with E-state index in [9.17, 15) is 0 Å². The van der Waals surface area contributed by atoms with E-state index in [0.717, 1.165) is 0 Å². The first-order chi connectivity index (χ1) is 5.64. The number of ether oxygens (including phenoxy) is 1. The minimum Gasteiger partial charge on any atom is -0.457 e. The van der Waals surface area contributed by atoms with Crippen molar-refractivity contribution in [2.45, 2.75) is 4.52 Å². The van der Waals surface area contributed by atoms with Gasteiger partial charge in [0.1, 0.15) is 5.75 Å². The highest BCUT2D eigenvalue weighted by molar-refractivity contribution is 6.50. The van der Waals surface area contributed by atoms with E-state index in [1.165, 1.54) is 0 Å². The van der Waals surface area contributed by atoms with Gasteiger partial charge in [-0.3, -0.25) is 0 Å². The van der Waals surface area contributed by atoms with E-state index in [4.69, 9.17) is 39.5 Å². The molecule has 0 amide bonds. The highest BCUT2D eigenvalue weighted by Gasteiger charge is 2.24. The normalized spacial score (nSPS) is 11.2. The van der Waals surface area contributed by atoms with E-state index in [1.807, 2.05) is 0 Å². The van der Waals surface area contributed by atoms with Crippen molar-refractivity contribution in [3.63, 3.8) is 0 Å². The third-order valence-corrected chi connectivity index (χ3v) is 2.18. The Bertz CT molecular complexity index is 235. The Kier molecular flexibility index (Phi) is 3.51. The molecule has 0 N–H and O–H groups in total. The lowest BCUT2D eigenvalue weighted by Crippen LogP contribution is -2.23. The van der Waals surface area contributed by atoms with Gasteiger partial charge < -0.3 is 4.74 Å². The van der Waals surface area contributed by atoms with Crippen LogP contribution in [0.2, 0.25) is 0 Å². The van der Waals surface area contributed by atoms with Crippen LogP contribution in [0.3, 0.4) is 0 Å². The van der Waals surface area contributed by atoms with Crippen molar-refractivity contribution in [1.82, 2.24) is 0 Å². The summed E-state index contributed by atoms with van der Waals surface area (Å²) in [5.41, 5.74) is 0. The molecule has 0 saturated heterocycles. The van der Waals surface area contributed by atoms with Crippen molar-refractivity contribution in [2.75, 3.05) is 5.88 Å². The van der Waals surface area contributed by atoms with E-state index in [1.54, 1.807) is 24.3 Å². The number of hydrogen-bond acceptors (Lipinski definition) is 1. The van der Waals surface area contributed by atoms with Crippen molar-refractivity contribution in [3.8, 4) is 5.75 Å². The van der Waals surface area contributed by atoms with Gasteiger partial charge in [-0.15, -0.1) is 11.6 Å². The number of rotatable bonds is 3. The van der Waals surface area contributed by atoms with Crippen LogP contribution in [0.4, 0.5) is 0 Å². The molecule has 0 fully saturated rings. The molecule has 4 heteroatoms. The molecule has 65 valence electrons. The van der Waals surface area contributed by atoms with Crippen LogP contribution in [0.25, 0.3) is 0 Å². The smallest absolute Gasteiger partial charge is 0.271 e. The molecule has 1 aromatic rings. The SMILES string of the molecule is ClCC(Cl)(Cl)Oc1cc[c]cc1. The topological polar surface area (TPSA) is 9.23 Å². The van der Waals surface area contributed by atoms with Gasteiger partial charge in [-0.1, -0.05) is 35.3 Å². The summed E-state index contributed by atoms with van der Waals surface area (Å²) >= 11 is 16.8. The van der Waals surface area contributed by atoms with Gasteiger partial charge in [-0.05, 0) is 18.2 Å². The zero-order valence-corrected chi connectivity index (χ0v) is 8.33. The molecule has 0 aliphatic heterocycles. The summed E-state index contributed by atoms with van der Waals surface area (Å²) < 4.78 is 3.77. The lowest BCUT2D eigenvalue weighted by molar-refractivity contribution is 0.265. The fourth-order valence-corrected chi connectivity index (χ4v) is 0.872. The first-order valence-corrected chi connectivity index (χ1v) is 4.52. The van der Waals surface area contributed by atoms with Gasteiger partial charge in [-0.2, -0.15) is 0 Å². The van der Waals surface area contributed by atoms with Crippen LogP contribution in [0.5, 0.6) is 5.75 Å². The van der Waals surface area contributed by atoms with Gasteiger partial charge in [0, 0.05) is 0 Å². The fourth-order valence-electron chi connectivity index (χ4n) is 0.639. The van der Waals surface area contributed by atoms with Crippen molar-refractivity contribution < 1.29 is 4.74 Å². The molecule has 1 nitrogen and oxygen atoms in total. The van der Waals surface area contributed by atoms with Crippen LogP contribution in [0, 0.1) is 6.07 Å². The molecule has 12 heavy (non-hydrogen) atoms. The Morgan fingerprint density at radius 1 is 1.33 bits per heavy atom. The van der Waals surface area contributed by atoms with Crippen molar-refractivity contribution >= 4 is 34.8 Å². The Morgan fingerprint density at radius 3 is 2.42 bits per heavy atom. The first-order valence-electron chi connectivity index (χ1n) is 3.23. The van der Waals surface area contributed by atoms with E-state index < -0.39 is 4.52 Å². The maximum Gasteiger partial charge on any atom is 0.271 e. The number of hydrogen-bond donors (Lipinski definition) is 0. The predicted molar refractivity (Wildman–Crippen MR) is 51.1 cm³/mol. The van der Waals surface area contributed by atoms with Crippen molar-refractivity contribution in [2.24, 2.45) is 0 Å². The minimum absolute atomic E-state index is 0.00865. The molecule has 0 atom stereocenters. The summed E-state index contributed by atoms with van der Waals surface area (Å²) in [6.07, 6.45) is 0. The molecule has 0 aliphatic carbocycles. The Labute approximate surface area is 86.2 Å². The lowest BCUT2D eigenvalue weighted by Gasteiger charge is -2.17. The maximum atomic E-state index is 5.66. The average Bonchev–Trinajstić information content (AvgIpc) is 2.06. The number of benzene rings is 1. The van der Waals surface area contributed by atoms with Crippen LogP contribution >= 0.6 is 34.8 Å². The zero-order valence-electron chi connectivity index (χ0n) is 6.06. The fraction of sp³-hybridized carbons (Fsp3) is 0.250. The molecule has 1 rings (SSSR count). The molecule has 0 bridgehead atoms. The average molecular weight is 224 g/mol. The van der Waals surface area contributed by atoms with E-state index in [2.05, 4.69) is 6.07 Å². The first kappa shape index (κ1) is 9.97. The molecule has 0 unspecified atom stereocenters. The van der Waals surface area contributed by atoms with Gasteiger partial charge in [-0.25, -0.2) is 0 Å². The zero-order chi connectivity index (χ0) is 9.03. The maximum absolute atomic E-state index is 5.66. The second-order valence-electron chi connectivity index (χ2n) is 2.11. The second kappa shape index (κ2) is 4.22. The van der Waals surface area contributed by atoms with E-state index in [-0.39, 0.29) is 5.88 Å². The Hall–Kier alpha value is -0.110. The predicted octanol–water partition coefficient (Wildman–Crippen LogP) is 3.24. The van der Waals surface area contributed by atoms with Gasteiger partial charge in [0.2, 0.25) is 0 Å². The molecular formula is C8H6Cl3O. The molecule has 0 spiro atoms. The molecule has 1 aromatic carbocycles. The summed E-state index contributed by atoms with van der Waals surface area (Å²) in [5, 5.41) is 0. The highest BCUT2D eigenvalue weighted by atomic mass is 35.5. The molecular weight excluding hydrogens is 218 g/mol. The van der Waals surface area contributed by atoms with Crippen LogP contribution in [0.1, 0.15) is 0 Å². The van der Waals surface area contributed by atoms with Crippen LogP contribution in [-0.4, -0.2) is 10.4 Å². The van der Waals surface area contributed by atoms with E-state index >= 15 is 0 Å². The van der Waals surface area contributed by atoms with Gasteiger partial charge in [0.25, 0.3) is 4.52 Å². The molecule has 0 aromatic heterocycles. The van der Waals surface area contributed by atoms with Crippen LogP contribution in [0.15, 0.2) is 24.3 Å². The lowest BCUT2D eigenvalue weighted by atomic mass is 10.3. The standard InChI is InChI=1S/C8H6Cl3O/c9-6-8(10,11)12-7-4-2-1-3-5-7/h2-5H,6H2. The third-order valence-electron chi connectivity index (χ3n) is 1.11. The Balaban J connectivity index is 2.64. The monoisotopic (exact) mass is 223 g/mol. The molecule has 1 radical (unpaired) electrons. The van der Waals surface area contributed by atoms with Gasteiger partial charge in [0.05, 0.1) is 5.88 Å². The summed E-state index contributed by atoms with van der Waals surface area (Å²) in [5.74, 6) is 0.578.